The highest BCUT2D eigenvalue weighted by Gasteiger charge is 2.26. The highest BCUT2D eigenvalue weighted by molar-refractivity contribution is 7.99. The summed E-state index contributed by atoms with van der Waals surface area (Å²) >= 11 is 1.50. The number of hydrogen-bond donors (Lipinski definition) is 4. The molecule has 1 saturated heterocycles. The third-order valence-corrected chi connectivity index (χ3v) is 7.70. The normalized spacial score (nSPS) is 14.9. The van der Waals surface area contributed by atoms with Crippen molar-refractivity contribution in [2.24, 2.45) is 0 Å². The van der Waals surface area contributed by atoms with E-state index in [9.17, 15) is 14.4 Å². The highest BCUT2D eigenvalue weighted by atomic mass is 32.2. The van der Waals surface area contributed by atoms with Gasteiger partial charge in [0.25, 0.3) is 5.91 Å². The molecule has 1 aliphatic heterocycles. The Hall–Kier alpha value is -3.08. The fraction of sp³-hybridized carbons (Fsp3) is 0.464. The maximum Gasteiger partial charge on any atom is 0.251 e. The van der Waals surface area contributed by atoms with Crippen molar-refractivity contribution in [2.75, 3.05) is 43.6 Å². The molecule has 0 radical (unpaired) electrons. The first-order chi connectivity index (χ1) is 18.4. The molecule has 206 valence electrons. The van der Waals surface area contributed by atoms with E-state index in [0.29, 0.717) is 23.5 Å². The summed E-state index contributed by atoms with van der Waals surface area (Å²) in [5.74, 6) is 0.0930. The van der Waals surface area contributed by atoms with Gasteiger partial charge in [0.05, 0.1) is 0 Å². The summed E-state index contributed by atoms with van der Waals surface area (Å²) in [5.41, 5.74) is 4.38. The van der Waals surface area contributed by atoms with Crippen LogP contribution in [0.25, 0.3) is 0 Å². The van der Waals surface area contributed by atoms with Gasteiger partial charge in [-0.1, -0.05) is 30.3 Å². The molecule has 1 fully saturated rings. The zero-order chi connectivity index (χ0) is 27.3. The average molecular weight is 542 g/mol. The first-order valence-corrected chi connectivity index (χ1v) is 14.2. The minimum absolute atomic E-state index is 0.0616. The SMILES string of the molecule is CN(C)c1ccc(C(=O)N[C@@H](CSCCCC(=O)NO)C(=O)NC2CCN(Cc3ccccc3)CC2)cc1. The van der Waals surface area contributed by atoms with Crippen LogP contribution in [-0.2, 0) is 16.1 Å². The molecular weight excluding hydrogens is 502 g/mol. The molecule has 0 bridgehead atoms. The van der Waals surface area contributed by atoms with E-state index in [-0.39, 0.29) is 24.3 Å². The van der Waals surface area contributed by atoms with Crippen molar-refractivity contribution in [1.29, 1.82) is 0 Å². The molecule has 1 atom stereocenters. The maximum absolute atomic E-state index is 13.3. The second kappa shape index (κ2) is 15.4. The molecule has 0 unspecified atom stereocenters. The number of carbonyl (C=O) groups is 3. The number of amides is 3. The molecule has 9 nitrogen and oxygen atoms in total. The van der Waals surface area contributed by atoms with Gasteiger partial charge in [-0.3, -0.25) is 24.5 Å². The van der Waals surface area contributed by atoms with Crippen molar-refractivity contribution < 1.29 is 19.6 Å². The lowest BCUT2D eigenvalue weighted by molar-refractivity contribution is -0.129. The van der Waals surface area contributed by atoms with Crippen LogP contribution in [0.1, 0.15) is 41.6 Å². The van der Waals surface area contributed by atoms with Gasteiger partial charge in [-0.2, -0.15) is 11.8 Å². The Morgan fingerprint density at radius 3 is 2.37 bits per heavy atom. The van der Waals surface area contributed by atoms with Crippen molar-refractivity contribution in [3.8, 4) is 0 Å². The van der Waals surface area contributed by atoms with Gasteiger partial charge < -0.3 is 15.5 Å². The van der Waals surface area contributed by atoms with Crippen LogP contribution in [0.4, 0.5) is 5.69 Å². The molecule has 0 saturated carbocycles. The number of carbonyl (C=O) groups excluding carboxylic acids is 3. The van der Waals surface area contributed by atoms with E-state index in [0.717, 1.165) is 38.2 Å². The smallest absolute Gasteiger partial charge is 0.251 e. The van der Waals surface area contributed by atoms with Crippen LogP contribution in [0.2, 0.25) is 0 Å². The van der Waals surface area contributed by atoms with Crippen molar-refractivity contribution >= 4 is 35.2 Å². The largest absolute Gasteiger partial charge is 0.378 e. The van der Waals surface area contributed by atoms with Crippen molar-refractivity contribution in [1.82, 2.24) is 21.0 Å². The Morgan fingerprint density at radius 1 is 1.05 bits per heavy atom. The Balaban J connectivity index is 1.54. The fourth-order valence-electron chi connectivity index (χ4n) is 4.31. The summed E-state index contributed by atoms with van der Waals surface area (Å²) in [6.07, 6.45) is 2.47. The Labute approximate surface area is 229 Å². The predicted octanol–water partition coefficient (Wildman–Crippen LogP) is 2.65. The summed E-state index contributed by atoms with van der Waals surface area (Å²) in [6, 6.07) is 17.0. The van der Waals surface area contributed by atoms with Crippen molar-refractivity contribution in [3.63, 3.8) is 0 Å². The Kier molecular flexibility index (Phi) is 11.9. The van der Waals surface area contributed by atoms with Crippen LogP contribution in [0.15, 0.2) is 54.6 Å². The van der Waals surface area contributed by atoms with Crippen LogP contribution in [-0.4, -0.2) is 78.6 Å². The van der Waals surface area contributed by atoms with E-state index in [4.69, 9.17) is 5.21 Å². The number of nitrogens with one attached hydrogen (secondary N) is 3. The van der Waals surface area contributed by atoms with Gasteiger partial charge in [0.2, 0.25) is 11.8 Å². The minimum atomic E-state index is -0.699. The van der Waals surface area contributed by atoms with E-state index in [1.807, 2.05) is 49.3 Å². The van der Waals surface area contributed by atoms with E-state index >= 15 is 0 Å². The lowest BCUT2D eigenvalue weighted by Crippen LogP contribution is -2.53. The third-order valence-electron chi connectivity index (χ3n) is 6.55. The van der Waals surface area contributed by atoms with Crippen LogP contribution in [0, 0.1) is 0 Å². The van der Waals surface area contributed by atoms with Crippen LogP contribution in [0.5, 0.6) is 0 Å². The summed E-state index contributed by atoms with van der Waals surface area (Å²) < 4.78 is 0. The second-order valence-corrected chi connectivity index (χ2v) is 10.9. The molecule has 0 aliphatic carbocycles. The summed E-state index contributed by atoms with van der Waals surface area (Å²) in [7, 11) is 3.87. The number of benzene rings is 2. The van der Waals surface area contributed by atoms with Crippen molar-refractivity contribution in [3.05, 3.63) is 65.7 Å². The van der Waals surface area contributed by atoms with Crippen molar-refractivity contribution in [2.45, 2.75) is 44.3 Å². The number of rotatable bonds is 13. The van der Waals surface area contributed by atoms with Gasteiger partial charge in [0, 0.05) is 63.2 Å². The molecule has 1 heterocycles. The third kappa shape index (κ3) is 9.66. The highest BCUT2D eigenvalue weighted by Crippen LogP contribution is 2.16. The molecule has 0 aromatic heterocycles. The van der Waals surface area contributed by atoms with Gasteiger partial charge in [-0.25, -0.2) is 5.48 Å². The zero-order valence-electron chi connectivity index (χ0n) is 22.2. The van der Waals surface area contributed by atoms with Gasteiger partial charge in [0.1, 0.15) is 6.04 Å². The molecule has 1 aliphatic rings. The van der Waals surface area contributed by atoms with Crippen LogP contribution >= 0.6 is 11.8 Å². The minimum Gasteiger partial charge on any atom is -0.378 e. The average Bonchev–Trinajstić information content (AvgIpc) is 2.93. The van der Waals surface area contributed by atoms with Crippen LogP contribution < -0.4 is 21.0 Å². The zero-order valence-corrected chi connectivity index (χ0v) is 23.0. The van der Waals surface area contributed by atoms with E-state index in [2.05, 4.69) is 27.7 Å². The van der Waals surface area contributed by atoms with Crippen LogP contribution in [0.3, 0.4) is 0 Å². The molecule has 38 heavy (non-hydrogen) atoms. The molecule has 2 aromatic carbocycles. The lowest BCUT2D eigenvalue weighted by Gasteiger charge is -2.33. The number of hydrogen-bond acceptors (Lipinski definition) is 7. The van der Waals surface area contributed by atoms with Gasteiger partial charge in [-0.15, -0.1) is 0 Å². The van der Waals surface area contributed by atoms with E-state index in [1.165, 1.54) is 17.3 Å². The number of piperidine rings is 1. The predicted molar refractivity (Wildman–Crippen MR) is 151 cm³/mol. The first kappa shape index (κ1) is 29.5. The van der Waals surface area contributed by atoms with E-state index in [1.54, 1.807) is 17.6 Å². The molecule has 0 spiro atoms. The number of nitrogens with zero attached hydrogens (tertiary/aromatic N) is 2. The van der Waals surface area contributed by atoms with Gasteiger partial charge in [0.15, 0.2) is 0 Å². The Morgan fingerprint density at radius 2 is 1.74 bits per heavy atom. The summed E-state index contributed by atoms with van der Waals surface area (Å²) in [5, 5.41) is 14.7. The number of likely N-dealkylation sites (tertiary alicyclic amines) is 1. The fourth-order valence-corrected chi connectivity index (χ4v) is 5.29. The summed E-state index contributed by atoms with van der Waals surface area (Å²) in [4.78, 5) is 41.8. The molecule has 3 rings (SSSR count). The van der Waals surface area contributed by atoms with Gasteiger partial charge >= 0.3 is 0 Å². The maximum atomic E-state index is 13.3. The standard InChI is InChI=1S/C28H39N5O4S/c1-32(2)24-12-10-22(11-13-24)27(35)30-25(20-38-18-6-9-26(34)31-37)28(36)29-23-14-16-33(17-15-23)19-21-7-4-3-5-8-21/h3-5,7-8,10-13,23,25,37H,6,9,14-20H2,1-2H3,(H,29,36)(H,30,35)(H,31,34)/t25-/m0/s1. The number of thioether (sulfide) groups is 1. The number of anilines is 1. The molecule has 10 heteroatoms. The molecule has 3 amide bonds. The Bertz CT molecular complexity index is 1030. The quantitative estimate of drug-likeness (QED) is 0.175. The first-order valence-electron chi connectivity index (χ1n) is 13.0. The molecule has 2 aromatic rings. The van der Waals surface area contributed by atoms with E-state index < -0.39 is 11.9 Å². The lowest BCUT2D eigenvalue weighted by atomic mass is 10.0. The van der Waals surface area contributed by atoms with Gasteiger partial charge in [-0.05, 0) is 54.8 Å². The second-order valence-electron chi connectivity index (χ2n) is 9.73. The monoisotopic (exact) mass is 541 g/mol. The molecule has 4 N–H and O–H groups in total. The summed E-state index contributed by atoms with van der Waals surface area (Å²) in [6.45, 7) is 2.70. The number of hydroxylamine groups is 1. The topological polar surface area (TPSA) is 114 Å². The molecular formula is C28H39N5O4S.